The predicted molar refractivity (Wildman–Crippen MR) is 85.3 cm³/mol. The van der Waals surface area contributed by atoms with Crippen LogP contribution in [-0.2, 0) is 17.2 Å². The van der Waals surface area contributed by atoms with Crippen LogP contribution >= 0.6 is 0 Å². The Kier molecular flexibility index (Phi) is 4.17. The van der Waals surface area contributed by atoms with Gasteiger partial charge in [-0.1, -0.05) is 17.7 Å². The van der Waals surface area contributed by atoms with Gasteiger partial charge in [-0.2, -0.15) is 8.42 Å². The number of hydrogen-bond donors (Lipinski definition) is 1. The molecule has 0 spiro atoms. The summed E-state index contributed by atoms with van der Waals surface area (Å²) in [5.74, 6) is -0.638. The lowest BCUT2D eigenvalue weighted by Gasteiger charge is -2.15. The van der Waals surface area contributed by atoms with Gasteiger partial charge in [-0.15, -0.1) is 0 Å². The van der Waals surface area contributed by atoms with E-state index in [4.69, 9.17) is 4.55 Å². The third kappa shape index (κ3) is 3.07. The van der Waals surface area contributed by atoms with Crippen molar-refractivity contribution in [1.82, 2.24) is 9.36 Å². The Morgan fingerprint density at radius 1 is 1.18 bits per heavy atom. The highest BCUT2D eigenvalue weighted by Gasteiger charge is 2.21. The van der Waals surface area contributed by atoms with Crippen LogP contribution in [0.4, 0.5) is 5.69 Å². The van der Waals surface area contributed by atoms with Crippen LogP contribution < -0.4 is 10.5 Å². The number of nitrogens with zero attached hydrogens (tertiary/aromatic N) is 3. The first-order valence-electron chi connectivity index (χ1n) is 6.64. The van der Waals surface area contributed by atoms with E-state index in [1.165, 1.54) is 16.6 Å². The number of aromatic nitrogens is 2. The first-order valence-corrected chi connectivity index (χ1v) is 8.24. The number of hydrogen-bond acceptors (Lipinski definition) is 4. The Hall–Kier alpha value is -2.06. The normalized spacial score (nSPS) is 11.7. The smallest absolute Gasteiger partial charge is 0.295 e. The van der Waals surface area contributed by atoms with E-state index in [-0.39, 0.29) is 11.2 Å². The van der Waals surface area contributed by atoms with Crippen molar-refractivity contribution in [3.05, 3.63) is 45.9 Å². The molecule has 0 amide bonds. The van der Waals surface area contributed by atoms with E-state index < -0.39 is 16.0 Å². The monoisotopic (exact) mass is 325 g/mol. The Morgan fingerprint density at radius 2 is 1.73 bits per heavy atom. The fourth-order valence-corrected chi connectivity index (χ4v) is 3.04. The molecule has 0 atom stereocenters. The minimum Gasteiger partial charge on any atom is -0.353 e. The third-order valence-electron chi connectivity index (χ3n) is 3.54. The van der Waals surface area contributed by atoms with Crippen molar-refractivity contribution in [3.8, 4) is 5.69 Å². The summed E-state index contributed by atoms with van der Waals surface area (Å²) in [6.45, 7) is 3.68. The zero-order valence-electron chi connectivity index (χ0n) is 12.9. The fraction of sp³-hybridized carbons (Fsp3) is 0.357. The number of anilines is 1. The Morgan fingerprint density at radius 3 is 2.23 bits per heavy atom. The van der Waals surface area contributed by atoms with E-state index in [9.17, 15) is 13.2 Å². The van der Waals surface area contributed by atoms with E-state index in [1.807, 2.05) is 31.2 Å². The molecule has 0 aliphatic rings. The number of benzene rings is 1. The quantitative estimate of drug-likeness (QED) is 0.850. The van der Waals surface area contributed by atoms with Gasteiger partial charge in [0.05, 0.1) is 11.4 Å². The highest BCUT2D eigenvalue weighted by Crippen LogP contribution is 2.17. The maximum atomic E-state index is 12.6. The highest BCUT2D eigenvalue weighted by molar-refractivity contribution is 7.85. The SMILES string of the molecule is Cc1ccc(-n2c(=O)c(N(C)CS(=O)(=O)O)c(C)n2C)cc1. The predicted octanol–water partition coefficient (Wildman–Crippen LogP) is 1.07. The van der Waals surface area contributed by atoms with Crippen LogP contribution in [0.2, 0.25) is 0 Å². The van der Waals surface area contributed by atoms with Crippen LogP contribution in [0, 0.1) is 13.8 Å². The molecule has 0 bridgehead atoms. The van der Waals surface area contributed by atoms with Crippen molar-refractivity contribution in [2.24, 2.45) is 7.05 Å². The second-order valence-electron chi connectivity index (χ2n) is 5.32. The fourth-order valence-electron chi connectivity index (χ4n) is 2.42. The van der Waals surface area contributed by atoms with Crippen LogP contribution in [-0.4, -0.2) is 35.3 Å². The van der Waals surface area contributed by atoms with Crippen molar-refractivity contribution in [3.63, 3.8) is 0 Å². The van der Waals surface area contributed by atoms with Crippen molar-refractivity contribution < 1.29 is 13.0 Å². The molecule has 0 radical (unpaired) electrons. The molecule has 0 unspecified atom stereocenters. The molecule has 0 aliphatic heterocycles. The molecule has 120 valence electrons. The lowest BCUT2D eigenvalue weighted by atomic mass is 10.2. The zero-order chi connectivity index (χ0) is 16.7. The van der Waals surface area contributed by atoms with Crippen LogP contribution in [0.15, 0.2) is 29.1 Å². The molecule has 2 rings (SSSR count). The lowest BCUT2D eigenvalue weighted by molar-refractivity contribution is 0.482. The van der Waals surface area contributed by atoms with Crippen LogP contribution in [0.3, 0.4) is 0 Å². The average molecular weight is 325 g/mol. The molecule has 0 saturated carbocycles. The minimum atomic E-state index is -4.21. The number of rotatable bonds is 4. The van der Waals surface area contributed by atoms with E-state index in [0.29, 0.717) is 11.4 Å². The summed E-state index contributed by atoms with van der Waals surface area (Å²) >= 11 is 0. The van der Waals surface area contributed by atoms with E-state index in [1.54, 1.807) is 18.7 Å². The van der Waals surface area contributed by atoms with E-state index >= 15 is 0 Å². The van der Waals surface area contributed by atoms with E-state index in [2.05, 4.69) is 0 Å². The summed E-state index contributed by atoms with van der Waals surface area (Å²) in [5, 5.41) is 0. The molecule has 0 saturated heterocycles. The third-order valence-corrected chi connectivity index (χ3v) is 4.25. The van der Waals surface area contributed by atoms with Gasteiger partial charge >= 0.3 is 0 Å². The second-order valence-corrected chi connectivity index (χ2v) is 6.74. The van der Waals surface area contributed by atoms with Crippen LogP contribution in [0.25, 0.3) is 5.69 Å². The molecule has 7 nitrogen and oxygen atoms in total. The topological polar surface area (TPSA) is 84.5 Å². The van der Waals surface area contributed by atoms with Crippen molar-refractivity contribution >= 4 is 15.8 Å². The largest absolute Gasteiger partial charge is 0.353 e. The molecule has 1 aromatic heterocycles. The summed E-state index contributed by atoms with van der Waals surface area (Å²) in [5.41, 5.74) is 2.27. The standard InChI is InChI=1S/C14H19N3O4S/c1-10-5-7-12(8-6-10)17-14(18)13(11(2)16(17)4)15(3)9-22(19,20)21/h5-8H,9H2,1-4H3,(H,19,20,21). The van der Waals surface area contributed by atoms with Crippen molar-refractivity contribution in [2.45, 2.75) is 13.8 Å². The molecule has 1 heterocycles. The average Bonchev–Trinajstić information content (AvgIpc) is 2.60. The molecular formula is C14H19N3O4S. The summed E-state index contributed by atoms with van der Waals surface area (Å²) in [7, 11) is -1.03. The summed E-state index contributed by atoms with van der Waals surface area (Å²) in [6.07, 6.45) is 0. The molecule has 22 heavy (non-hydrogen) atoms. The van der Waals surface area contributed by atoms with Crippen LogP contribution in [0.5, 0.6) is 0 Å². The summed E-state index contributed by atoms with van der Waals surface area (Å²) < 4.78 is 34.2. The van der Waals surface area contributed by atoms with Gasteiger partial charge < -0.3 is 4.90 Å². The van der Waals surface area contributed by atoms with Crippen LogP contribution in [0.1, 0.15) is 11.3 Å². The molecule has 8 heteroatoms. The van der Waals surface area contributed by atoms with Crippen molar-refractivity contribution in [1.29, 1.82) is 0 Å². The molecule has 1 aromatic carbocycles. The van der Waals surface area contributed by atoms with E-state index in [0.717, 1.165) is 5.56 Å². The molecule has 1 N–H and O–H groups in total. The molecular weight excluding hydrogens is 306 g/mol. The summed E-state index contributed by atoms with van der Waals surface area (Å²) in [4.78, 5) is 13.9. The summed E-state index contributed by atoms with van der Waals surface area (Å²) in [6, 6.07) is 7.43. The Balaban J connectivity index is 2.58. The minimum absolute atomic E-state index is 0.237. The molecule has 0 fully saturated rings. The van der Waals surface area contributed by atoms with Gasteiger partial charge in [0.1, 0.15) is 11.6 Å². The first-order chi connectivity index (χ1) is 10.1. The highest BCUT2D eigenvalue weighted by atomic mass is 32.2. The van der Waals surface area contributed by atoms with Gasteiger partial charge in [-0.05, 0) is 26.0 Å². The van der Waals surface area contributed by atoms with Gasteiger partial charge in [0.2, 0.25) is 0 Å². The zero-order valence-corrected chi connectivity index (χ0v) is 13.8. The Bertz CT molecular complexity index is 847. The van der Waals surface area contributed by atoms with Crippen molar-refractivity contribution in [2.75, 3.05) is 17.8 Å². The van der Waals surface area contributed by atoms with Gasteiger partial charge in [-0.25, -0.2) is 4.68 Å². The van der Waals surface area contributed by atoms with Gasteiger partial charge in [0, 0.05) is 14.1 Å². The second kappa shape index (κ2) is 5.62. The maximum Gasteiger partial charge on any atom is 0.295 e. The van der Waals surface area contributed by atoms with Gasteiger partial charge in [-0.3, -0.25) is 14.0 Å². The number of aryl methyl sites for hydroxylation is 1. The Labute approximate surface area is 129 Å². The lowest BCUT2D eigenvalue weighted by Crippen LogP contribution is -2.30. The van der Waals surface area contributed by atoms with Gasteiger partial charge in [0.15, 0.2) is 0 Å². The van der Waals surface area contributed by atoms with Gasteiger partial charge in [0.25, 0.3) is 15.7 Å². The molecule has 0 aliphatic carbocycles. The maximum absolute atomic E-state index is 12.6. The molecule has 2 aromatic rings. The first kappa shape index (κ1) is 16.3.